The molecule has 0 aromatic carbocycles. The van der Waals surface area contributed by atoms with Crippen molar-refractivity contribution in [1.82, 2.24) is 20.3 Å². The van der Waals surface area contributed by atoms with E-state index in [-0.39, 0.29) is 5.78 Å². The van der Waals surface area contributed by atoms with Crippen LogP contribution < -0.4 is 20.9 Å². The first-order valence-electron chi connectivity index (χ1n) is 13.5. The number of rotatable bonds is 2. The zero-order valence-electron chi connectivity index (χ0n) is 22.4. The van der Waals surface area contributed by atoms with Crippen LogP contribution in [0.25, 0.3) is 12.2 Å². The molecule has 2 saturated heterocycles. The van der Waals surface area contributed by atoms with Gasteiger partial charge in [0.15, 0.2) is 5.78 Å². The normalized spacial score (nSPS) is 28.4. The van der Waals surface area contributed by atoms with Crippen LogP contribution >= 0.6 is 0 Å². The van der Waals surface area contributed by atoms with E-state index in [9.17, 15) is 4.79 Å². The Morgan fingerprint density at radius 2 is 1.62 bits per heavy atom. The van der Waals surface area contributed by atoms with Gasteiger partial charge in [0.25, 0.3) is 0 Å². The van der Waals surface area contributed by atoms with Gasteiger partial charge in [0.1, 0.15) is 11.1 Å². The minimum atomic E-state index is -0.914. The highest BCUT2D eigenvalue weighted by Crippen LogP contribution is 2.44. The van der Waals surface area contributed by atoms with Gasteiger partial charge in [-0.15, -0.1) is 0 Å². The number of nitrogens with one attached hydrogen (secondary N) is 2. The molecule has 2 atom stereocenters. The van der Waals surface area contributed by atoms with Crippen LogP contribution in [0.4, 0.5) is 5.95 Å². The van der Waals surface area contributed by atoms with Crippen molar-refractivity contribution in [2.24, 2.45) is 15.4 Å². The zero-order valence-corrected chi connectivity index (χ0v) is 22.4. The molecule has 7 rings (SSSR count). The standard InChI is InChI=1S/C31H31N7O/c1-29(2)26-17-31(20-18-32-28(33-19-20)38-12-4-5-13-38)11-10-24(36-31)15-23-7-6-21(34-23)14-22-8-9-25(35-22)16-30(3,37-26)27(29)39/h6-11,14-19,34,37H,4-5,12-13H2,1-3H3. The van der Waals surface area contributed by atoms with Crippen molar-refractivity contribution >= 4 is 35.3 Å². The lowest BCUT2D eigenvalue weighted by molar-refractivity contribution is -0.126. The van der Waals surface area contributed by atoms with Gasteiger partial charge in [0, 0.05) is 47.4 Å². The number of carbonyl (C=O) groups excluding carboxylic acids is 1. The predicted molar refractivity (Wildman–Crippen MR) is 154 cm³/mol. The molecule has 5 aliphatic heterocycles. The van der Waals surface area contributed by atoms with Crippen molar-refractivity contribution < 1.29 is 4.79 Å². The van der Waals surface area contributed by atoms with Gasteiger partial charge in [-0.05, 0) is 94.4 Å². The minimum Gasteiger partial charge on any atom is -0.373 e. The Hall–Kier alpha value is -4.33. The Morgan fingerprint density at radius 1 is 0.897 bits per heavy atom. The van der Waals surface area contributed by atoms with Gasteiger partial charge >= 0.3 is 0 Å². The first kappa shape index (κ1) is 23.8. The van der Waals surface area contributed by atoms with E-state index in [0.717, 1.165) is 71.0 Å². The maximum Gasteiger partial charge on any atom is 0.225 e. The predicted octanol–water partition coefficient (Wildman–Crippen LogP) is 2.62. The van der Waals surface area contributed by atoms with Gasteiger partial charge in [-0.1, -0.05) is 0 Å². The summed E-state index contributed by atoms with van der Waals surface area (Å²) in [5, 5.41) is 5.45. The van der Waals surface area contributed by atoms with Gasteiger partial charge in [-0.3, -0.25) is 9.79 Å². The quantitative estimate of drug-likeness (QED) is 0.638. The summed E-state index contributed by atoms with van der Waals surface area (Å²) in [5.74, 6) is 0.834. The molecule has 2 fully saturated rings. The number of fused-ring (bicyclic) bond motifs is 6. The number of aromatic nitrogens is 3. The molecule has 8 heteroatoms. The molecule has 2 aromatic heterocycles. The first-order chi connectivity index (χ1) is 18.7. The van der Waals surface area contributed by atoms with Gasteiger partial charge < -0.3 is 15.2 Å². The number of ketones is 1. The van der Waals surface area contributed by atoms with Gasteiger partial charge in [-0.2, -0.15) is 0 Å². The molecule has 0 amide bonds. The molecule has 8 bridgehead atoms. The molecule has 5 aliphatic rings. The van der Waals surface area contributed by atoms with E-state index in [0.29, 0.717) is 0 Å². The Labute approximate surface area is 227 Å². The maximum atomic E-state index is 13.9. The van der Waals surface area contributed by atoms with Crippen LogP contribution in [0.5, 0.6) is 0 Å². The third kappa shape index (κ3) is 3.93. The minimum absolute atomic E-state index is 0.0845. The fraction of sp³-hybridized carbons (Fsp3) is 0.323. The van der Waals surface area contributed by atoms with Crippen molar-refractivity contribution in [1.29, 1.82) is 0 Å². The Morgan fingerprint density at radius 3 is 2.36 bits per heavy atom. The van der Waals surface area contributed by atoms with Crippen molar-refractivity contribution in [3.63, 3.8) is 0 Å². The monoisotopic (exact) mass is 517 g/mol. The average molecular weight is 518 g/mol. The number of anilines is 1. The fourth-order valence-corrected chi connectivity index (χ4v) is 6.08. The summed E-state index contributed by atoms with van der Waals surface area (Å²) >= 11 is 0. The van der Waals surface area contributed by atoms with E-state index in [4.69, 9.17) is 20.0 Å². The number of aliphatic imine (C=N–C) groups is 2. The summed E-state index contributed by atoms with van der Waals surface area (Å²) in [4.78, 5) is 38.9. The number of hydrogen-bond acceptors (Lipinski definition) is 7. The highest BCUT2D eigenvalue weighted by molar-refractivity contribution is 6.20. The molecule has 7 heterocycles. The highest BCUT2D eigenvalue weighted by atomic mass is 16.1. The summed E-state index contributed by atoms with van der Waals surface area (Å²) in [7, 11) is 0. The lowest BCUT2D eigenvalue weighted by atomic mass is 9.79. The molecular weight excluding hydrogens is 486 g/mol. The second kappa shape index (κ2) is 8.33. The molecule has 39 heavy (non-hydrogen) atoms. The third-order valence-electron chi connectivity index (χ3n) is 8.24. The van der Waals surface area contributed by atoms with Crippen LogP contribution in [0, 0.1) is 5.41 Å². The number of aromatic amines is 1. The summed E-state index contributed by atoms with van der Waals surface area (Å²) < 4.78 is 0. The summed E-state index contributed by atoms with van der Waals surface area (Å²) in [6, 6.07) is 4.06. The number of H-pyrrole nitrogens is 1. The van der Waals surface area contributed by atoms with E-state index < -0.39 is 16.5 Å². The SMILES string of the molecule is CC12C=C3C=CC(=N3)C=c3ccc([nH]3)=CC3=NC(c4cnc(N5CCCC5)nc4)(C=C3)C=C(N1)C(C)(C)C2=O. The zero-order chi connectivity index (χ0) is 26.8. The van der Waals surface area contributed by atoms with Gasteiger partial charge in [0.05, 0.1) is 22.5 Å². The van der Waals surface area contributed by atoms with Crippen LogP contribution in [0.3, 0.4) is 0 Å². The Balaban J connectivity index is 1.42. The molecule has 0 saturated carbocycles. The lowest BCUT2D eigenvalue weighted by Gasteiger charge is -2.25. The molecule has 196 valence electrons. The first-order valence-corrected chi connectivity index (χ1v) is 13.5. The average Bonchev–Trinajstić information content (AvgIpc) is 3.74. The summed E-state index contributed by atoms with van der Waals surface area (Å²) in [6.07, 6.45) is 22.1. The van der Waals surface area contributed by atoms with Crippen LogP contribution in [-0.2, 0) is 10.3 Å². The second-order valence-electron chi connectivity index (χ2n) is 11.6. The molecule has 8 nitrogen and oxygen atoms in total. The van der Waals surface area contributed by atoms with E-state index >= 15 is 0 Å². The number of Topliss-reactive ketones (excluding diaryl/α,β-unsaturated/α-hetero) is 1. The van der Waals surface area contributed by atoms with Crippen molar-refractivity contribution in [2.45, 2.75) is 44.7 Å². The molecular formula is C31H31N7O. The largest absolute Gasteiger partial charge is 0.373 e. The number of hydrogen-bond donors (Lipinski definition) is 2. The van der Waals surface area contributed by atoms with E-state index in [1.165, 1.54) is 0 Å². The molecule has 2 aromatic rings. The van der Waals surface area contributed by atoms with Crippen LogP contribution in [0.2, 0.25) is 0 Å². The second-order valence-corrected chi connectivity index (χ2v) is 11.6. The van der Waals surface area contributed by atoms with Gasteiger partial charge in [0.2, 0.25) is 5.95 Å². The molecule has 0 aliphatic carbocycles. The molecule has 2 N–H and O–H groups in total. The lowest BCUT2D eigenvalue weighted by Crippen LogP contribution is -2.41. The van der Waals surface area contributed by atoms with Crippen LogP contribution in [0.15, 0.2) is 82.4 Å². The highest BCUT2D eigenvalue weighted by Gasteiger charge is 2.52. The topological polar surface area (TPSA) is 98.6 Å². The maximum absolute atomic E-state index is 13.9. The Kier molecular flexibility index (Phi) is 5.08. The number of allylic oxidation sites excluding steroid dienone is 4. The van der Waals surface area contributed by atoms with E-state index in [1.807, 2.05) is 81.8 Å². The van der Waals surface area contributed by atoms with E-state index in [1.54, 1.807) is 0 Å². The smallest absolute Gasteiger partial charge is 0.225 e. The van der Waals surface area contributed by atoms with Gasteiger partial charge in [-0.25, -0.2) is 15.0 Å². The fourth-order valence-electron chi connectivity index (χ4n) is 6.08. The number of nitrogens with zero attached hydrogens (tertiary/aromatic N) is 5. The Bertz CT molecular complexity index is 1690. The number of carbonyl (C=O) groups is 1. The molecule has 0 radical (unpaired) electrons. The van der Waals surface area contributed by atoms with Crippen molar-refractivity contribution in [3.8, 4) is 0 Å². The summed E-state index contributed by atoms with van der Waals surface area (Å²) in [5.41, 5.74) is 1.55. The third-order valence-corrected chi connectivity index (χ3v) is 8.24. The molecule has 2 unspecified atom stereocenters. The van der Waals surface area contributed by atoms with Crippen molar-refractivity contribution in [3.05, 3.63) is 88.6 Å². The summed E-state index contributed by atoms with van der Waals surface area (Å²) in [6.45, 7) is 7.82. The van der Waals surface area contributed by atoms with E-state index in [2.05, 4.69) is 27.4 Å². The van der Waals surface area contributed by atoms with Crippen LogP contribution in [-0.4, -0.2) is 50.8 Å². The van der Waals surface area contributed by atoms with Crippen LogP contribution in [0.1, 0.15) is 39.2 Å². The van der Waals surface area contributed by atoms with Crippen molar-refractivity contribution in [2.75, 3.05) is 18.0 Å². The molecule has 0 spiro atoms.